The molecule has 0 unspecified atom stereocenters. The number of rotatable bonds is 4. The van der Waals surface area contributed by atoms with Crippen molar-refractivity contribution in [2.75, 3.05) is 13.1 Å². The monoisotopic (exact) mass is 240 g/mol. The van der Waals surface area contributed by atoms with E-state index in [0.717, 1.165) is 13.0 Å². The molecule has 0 heterocycles. The van der Waals surface area contributed by atoms with Gasteiger partial charge in [0.1, 0.15) is 0 Å². The van der Waals surface area contributed by atoms with Gasteiger partial charge in [0.15, 0.2) is 5.78 Å². The molecule has 14 heavy (non-hydrogen) atoms. The van der Waals surface area contributed by atoms with Crippen LogP contribution in [0.15, 0.2) is 36.1 Å². The second-order valence-corrected chi connectivity index (χ2v) is 2.74. The molecule has 0 bridgehead atoms. The van der Waals surface area contributed by atoms with Crippen LogP contribution in [0.1, 0.15) is 6.42 Å². The van der Waals surface area contributed by atoms with Gasteiger partial charge in [-0.3, -0.25) is 4.79 Å². The fourth-order valence-corrected chi connectivity index (χ4v) is 0.972. The molecule has 0 aromatic carbocycles. The summed E-state index contributed by atoms with van der Waals surface area (Å²) in [5.41, 5.74) is 7.59. The molecule has 0 aliphatic heterocycles. The minimum absolute atomic E-state index is 0. The molecule has 0 fully saturated rings. The van der Waals surface area contributed by atoms with Crippen LogP contribution in [0.3, 0.4) is 0 Å². The van der Waals surface area contributed by atoms with E-state index >= 15 is 0 Å². The quantitative estimate of drug-likeness (QED) is 0.461. The molecule has 1 aliphatic rings. The Balaban J connectivity index is 0.00000169. The molecule has 0 aromatic rings. The van der Waals surface area contributed by atoms with Crippen molar-refractivity contribution < 1.29 is 21.9 Å². The Hall–Kier alpha value is -0.831. The summed E-state index contributed by atoms with van der Waals surface area (Å²) in [6.07, 6.45) is 9.38. The Labute approximate surface area is 94.6 Å². The van der Waals surface area contributed by atoms with E-state index in [4.69, 9.17) is 5.73 Å². The molecule has 0 radical (unpaired) electrons. The van der Waals surface area contributed by atoms with Gasteiger partial charge < -0.3 is 11.1 Å². The summed E-state index contributed by atoms with van der Waals surface area (Å²) in [6, 6.07) is 0. The van der Waals surface area contributed by atoms with Gasteiger partial charge in [-0.15, -0.1) is 6.54 Å². The zero-order valence-electron chi connectivity index (χ0n) is 7.72. The van der Waals surface area contributed by atoms with Gasteiger partial charge in [-0.2, -0.15) is 0 Å². The molecular formula is C10H13CuN2O. The van der Waals surface area contributed by atoms with Crippen molar-refractivity contribution in [1.82, 2.24) is 5.32 Å². The van der Waals surface area contributed by atoms with E-state index < -0.39 is 0 Å². The number of ketones is 1. The third-order valence-electron chi connectivity index (χ3n) is 1.67. The van der Waals surface area contributed by atoms with Gasteiger partial charge in [0.25, 0.3) is 0 Å². The predicted octanol–water partition coefficient (Wildman–Crippen LogP) is 1.59. The van der Waals surface area contributed by atoms with Gasteiger partial charge in [0.05, 0.1) is 0 Å². The minimum Gasteiger partial charge on any atom is -0.677 e. The number of allylic oxidation sites excluding steroid dienone is 5. The molecule has 3 nitrogen and oxygen atoms in total. The molecule has 80 valence electrons. The fourth-order valence-electron chi connectivity index (χ4n) is 0.972. The first-order valence-electron chi connectivity index (χ1n) is 4.32. The Bertz CT molecular complexity index is 269. The smallest absolute Gasteiger partial charge is 0.677 e. The van der Waals surface area contributed by atoms with E-state index in [2.05, 4.69) is 5.32 Å². The van der Waals surface area contributed by atoms with Crippen molar-refractivity contribution >= 4 is 5.78 Å². The summed E-state index contributed by atoms with van der Waals surface area (Å²) in [5.74, 6) is 0.0286. The van der Waals surface area contributed by atoms with E-state index in [1.165, 1.54) is 6.08 Å². The standard InChI is InChI=1S/C10H13N2O.Cu/c11-6-3-7-12-8-9-4-1-2-5-10(9)13;/h1-2,4-5,8,11-12H,3,6-7H2;/q-1;+1. The van der Waals surface area contributed by atoms with Crippen LogP contribution in [0.2, 0.25) is 0 Å². The maximum atomic E-state index is 11.2. The number of hydrogen-bond acceptors (Lipinski definition) is 2. The van der Waals surface area contributed by atoms with E-state index in [1.807, 2.05) is 6.08 Å². The molecular weight excluding hydrogens is 228 g/mol. The first kappa shape index (κ1) is 13.2. The Morgan fingerprint density at radius 3 is 2.71 bits per heavy atom. The van der Waals surface area contributed by atoms with Crippen LogP contribution in [-0.2, 0) is 21.9 Å². The molecule has 0 saturated heterocycles. The topological polar surface area (TPSA) is 52.9 Å². The minimum atomic E-state index is 0. The summed E-state index contributed by atoms with van der Waals surface area (Å²) in [5, 5.41) is 3.00. The second-order valence-electron chi connectivity index (χ2n) is 2.74. The Morgan fingerprint density at radius 1 is 1.36 bits per heavy atom. The van der Waals surface area contributed by atoms with Crippen LogP contribution >= 0.6 is 0 Å². The van der Waals surface area contributed by atoms with Crippen LogP contribution in [0.4, 0.5) is 0 Å². The molecule has 4 heteroatoms. The Kier molecular flexibility index (Phi) is 7.11. The van der Waals surface area contributed by atoms with E-state index in [9.17, 15) is 4.79 Å². The number of nitrogens with one attached hydrogen (secondary N) is 2. The van der Waals surface area contributed by atoms with Gasteiger partial charge in [-0.25, -0.2) is 0 Å². The number of carbonyl (C=O) groups is 1. The summed E-state index contributed by atoms with van der Waals surface area (Å²) in [6.45, 7) is 1.16. The maximum Gasteiger partial charge on any atom is 1.00 e. The summed E-state index contributed by atoms with van der Waals surface area (Å²) in [7, 11) is 0. The van der Waals surface area contributed by atoms with Gasteiger partial charge in [0, 0.05) is 18.3 Å². The SMILES string of the molecule is [Cu+].[NH-]CCCNC=C1C=CC=CC1=O. The third kappa shape index (κ3) is 4.42. The maximum absolute atomic E-state index is 11.2. The third-order valence-corrected chi connectivity index (χ3v) is 1.67. The number of carbonyl (C=O) groups excluding carboxylic acids is 1. The molecule has 0 atom stereocenters. The summed E-state index contributed by atoms with van der Waals surface area (Å²) < 4.78 is 0. The normalized spacial score (nSPS) is 16.9. The van der Waals surface area contributed by atoms with Crippen molar-refractivity contribution in [3.63, 3.8) is 0 Å². The largest absolute Gasteiger partial charge is 1.00 e. The van der Waals surface area contributed by atoms with Crippen LogP contribution in [0.5, 0.6) is 0 Å². The Morgan fingerprint density at radius 2 is 2.07 bits per heavy atom. The predicted molar refractivity (Wildman–Crippen MR) is 53.2 cm³/mol. The fraction of sp³-hybridized carbons (Fsp3) is 0.300. The van der Waals surface area contributed by atoms with Gasteiger partial charge >= 0.3 is 17.1 Å². The van der Waals surface area contributed by atoms with Crippen molar-refractivity contribution in [2.45, 2.75) is 6.42 Å². The average Bonchev–Trinajstić information content (AvgIpc) is 2.15. The zero-order chi connectivity index (χ0) is 9.52. The molecule has 0 amide bonds. The first-order valence-corrected chi connectivity index (χ1v) is 4.32. The zero-order valence-corrected chi connectivity index (χ0v) is 8.66. The van der Waals surface area contributed by atoms with Crippen molar-refractivity contribution in [2.24, 2.45) is 0 Å². The molecule has 0 spiro atoms. The van der Waals surface area contributed by atoms with Crippen molar-refractivity contribution in [3.8, 4) is 0 Å². The number of hydrogen-bond donors (Lipinski definition) is 1. The molecule has 2 N–H and O–H groups in total. The van der Waals surface area contributed by atoms with E-state index in [1.54, 1.807) is 18.4 Å². The molecule has 0 saturated carbocycles. The second kappa shape index (κ2) is 7.56. The van der Waals surface area contributed by atoms with Crippen LogP contribution in [-0.4, -0.2) is 18.9 Å². The van der Waals surface area contributed by atoms with Crippen LogP contribution in [0.25, 0.3) is 5.73 Å². The van der Waals surface area contributed by atoms with Crippen molar-refractivity contribution in [3.05, 3.63) is 41.8 Å². The average molecular weight is 241 g/mol. The summed E-state index contributed by atoms with van der Waals surface area (Å²) >= 11 is 0. The summed E-state index contributed by atoms with van der Waals surface area (Å²) in [4.78, 5) is 11.2. The molecule has 0 aromatic heterocycles. The van der Waals surface area contributed by atoms with Crippen molar-refractivity contribution in [1.29, 1.82) is 0 Å². The van der Waals surface area contributed by atoms with E-state index in [0.29, 0.717) is 12.1 Å². The first-order chi connectivity index (χ1) is 6.34. The van der Waals surface area contributed by atoms with Gasteiger partial charge in [0.2, 0.25) is 0 Å². The van der Waals surface area contributed by atoms with Crippen LogP contribution in [0, 0.1) is 0 Å². The van der Waals surface area contributed by atoms with Crippen LogP contribution < -0.4 is 5.32 Å². The van der Waals surface area contributed by atoms with Gasteiger partial charge in [-0.05, 0) is 12.2 Å². The molecule has 1 aliphatic carbocycles. The van der Waals surface area contributed by atoms with E-state index in [-0.39, 0.29) is 22.9 Å². The van der Waals surface area contributed by atoms with Gasteiger partial charge in [-0.1, -0.05) is 18.6 Å². The molecule has 1 rings (SSSR count).